The van der Waals surface area contributed by atoms with Gasteiger partial charge in [-0.3, -0.25) is 4.79 Å². The van der Waals surface area contributed by atoms with Gasteiger partial charge < -0.3 is 20.5 Å². The molecule has 0 saturated carbocycles. The highest BCUT2D eigenvalue weighted by molar-refractivity contribution is 5.95. The van der Waals surface area contributed by atoms with E-state index in [1.807, 2.05) is 0 Å². The number of anilines is 2. The molecule has 0 aromatic heterocycles. The largest absolute Gasteiger partial charge is 0.494 e. The van der Waals surface area contributed by atoms with Crippen LogP contribution in [0.2, 0.25) is 0 Å². The number of nitrogen functional groups attached to an aromatic ring is 1. The maximum Gasteiger partial charge on any atom is 0.253 e. The number of nitrogens with one attached hydrogen (secondary N) is 1. The van der Waals surface area contributed by atoms with Gasteiger partial charge in [0.25, 0.3) is 5.91 Å². The maximum atomic E-state index is 11.8. The summed E-state index contributed by atoms with van der Waals surface area (Å²) >= 11 is 0. The average molecular weight is 236 g/mol. The van der Waals surface area contributed by atoms with Crippen molar-refractivity contribution in [3.05, 3.63) is 18.2 Å². The molecule has 1 aromatic carbocycles. The summed E-state index contributed by atoms with van der Waals surface area (Å²) in [6.45, 7) is 0.650. The normalized spacial score (nSPS) is 19.0. The number of carbonyl (C=O) groups excluding carboxylic acids is 1. The van der Waals surface area contributed by atoms with Crippen LogP contribution in [0.5, 0.6) is 5.75 Å². The van der Waals surface area contributed by atoms with Crippen molar-refractivity contribution < 1.29 is 14.3 Å². The van der Waals surface area contributed by atoms with Gasteiger partial charge in [-0.1, -0.05) is 0 Å². The molecule has 1 atom stereocenters. The molecule has 92 valence electrons. The Hall–Kier alpha value is -1.75. The van der Waals surface area contributed by atoms with Crippen LogP contribution in [0, 0.1) is 0 Å². The molecule has 2 rings (SSSR count). The van der Waals surface area contributed by atoms with Crippen LogP contribution in [0.1, 0.15) is 12.8 Å². The minimum Gasteiger partial charge on any atom is -0.494 e. The van der Waals surface area contributed by atoms with Crippen LogP contribution in [0.4, 0.5) is 11.4 Å². The number of hydrogen-bond acceptors (Lipinski definition) is 4. The first-order valence-electron chi connectivity index (χ1n) is 5.56. The van der Waals surface area contributed by atoms with Crippen molar-refractivity contribution in [1.82, 2.24) is 0 Å². The van der Waals surface area contributed by atoms with Crippen molar-refractivity contribution in [3.8, 4) is 5.75 Å². The standard InChI is InChI=1S/C12H16N2O3/c1-16-11-7-8(13)4-5-9(11)14-12(15)10-3-2-6-17-10/h4-5,7,10H,2-3,6,13H2,1H3,(H,14,15)/t10-/m1/s1. The van der Waals surface area contributed by atoms with Crippen LogP contribution in [0.25, 0.3) is 0 Å². The third-order valence-electron chi connectivity index (χ3n) is 2.71. The summed E-state index contributed by atoms with van der Waals surface area (Å²) in [4.78, 5) is 11.8. The van der Waals surface area contributed by atoms with Crippen molar-refractivity contribution >= 4 is 17.3 Å². The lowest BCUT2D eigenvalue weighted by Crippen LogP contribution is -2.27. The second-order valence-electron chi connectivity index (χ2n) is 3.95. The number of nitrogens with two attached hydrogens (primary N) is 1. The molecule has 1 aromatic rings. The van der Waals surface area contributed by atoms with Gasteiger partial charge in [-0.2, -0.15) is 0 Å². The van der Waals surface area contributed by atoms with E-state index in [2.05, 4.69) is 5.32 Å². The van der Waals surface area contributed by atoms with E-state index in [1.165, 1.54) is 7.11 Å². The Morgan fingerprint density at radius 3 is 3.06 bits per heavy atom. The monoisotopic (exact) mass is 236 g/mol. The summed E-state index contributed by atoms with van der Waals surface area (Å²) in [6, 6.07) is 5.11. The lowest BCUT2D eigenvalue weighted by Gasteiger charge is -2.13. The summed E-state index contributed by atoms with van der Waals surface area (Å²) in [5.41, 5.74) is 6.85. The highest BCUT2D eigenvalue weighted by atomic mass is 16.5. The van der Waals surface area contributed by atoms with Gasteiger partial charge in [0, 0.05) is 18.4 Å². The fourth-order valence-corrected chi connectivity index (χ4v) is 1.81. The number of hydrogen-bond donors (Lipinski definition) is 2. The second kappa shape index (κ2) is 5.05. The van der Waals surface area contributed by atoms with Crippen LogP contribution in [-0.2, 0) is 9.53 Å². The van der Waals surface area contributed by atoms with Gasteiger partial charge in [-0.05, 0) is 25.0 Å². The van der Waals surface area contributed by atoms with Crippen LogP contribution >= 0.6 is 0 Å². The highest BCUT2D eigenvalue weighted by Crippen LogP contribution is 2.27. The van der Waals surface area contributed by atoms with Crippen molar-refractivity contribution in [2.75, 3.05) is 24.8 Å². The van der Waals surface area contributed by atoms with E-state index in [1.54, 1.807) is 18.2 Å². The van der Waals surface area contributed by atoms with Crippen LogP contribution < -0.4 is 15.8 Å². The van der Waals surface area contributed by atoms with Gasteiger partial charge in [0.1, 0.15) is 11.9 Å². The molecule has 1 aliphatic heterocycles. The van der Waals surface area contributed by atoms with E-state index >= 15 is 0 Å². The molecule has 1 heterocycles. The highest BCUT2D eigenvalue weighted by Gasteiger charge is 2.24. The Morgan fingerprint density at radius 2 is 2.41 bits per heavy atom. The van der Waals surface area contributed by atoms with E-state index < -0.39 is 0 Å². The first-order chi connectivity index (χ1) is 8.20. The zero-order chi connectivity index (χ0) is 12.3. The maximum absolute atomic E-state index is 11.8. The second-order valence-corrected chi connectivity index (χ2v) is 3.95. The Morgan fingerprint density at radius 1 is 1.59 bits per heavy atom. The molecule has 0 radical (unpaired) electrons. The zero-order valence-electron chi connectivity index (χ0n) is 9.73. The molecule has 1 fully saturated rings. The molecule has 3 N–H and O–H groups in total. The van der Waals surface area contributed by atoms with Crippen molar-refractivity contribution in [2.45, 2.75) is 18.9 Å². The summed E-state index contributed by atoms with van der Waals surface area (Å²) in [7, 11) is 1.54. The predicted molar refractivity (Wildman–Crippen MR) is 65.0 cm³/mol. The van der Waals surface area contributed by atoms with Gasteiger partial charge in [0.05, 0.1) is 12.8 Å². The zero-order valence-corrected chi connectivity index (χ0v) is 9.73. The molecular formula is C12H16N2O3. The van der Waals surface area contributed by atoms with Gasteiger partial charge in [-0.25, -0.2) is 0 Å². The van der Waals surface area contributed by atoms with E-state index in [0.717, 1.165) is 12.8 Å². The first kappa shape index (κ1) is 11.7. The van der Waals surface area contributed by atoms with E-state index in [-0.39, 0.29) is 12.0 Å². The molecule has 0 bridgehead atoms. The van der Waals surface area contributed by atoms with Crippen LogP contribution in [0.15, 0.2) is 18.2 Å². The summed E-state index contributed by atoms with van der Waals surface area (Å²) in [5.74, 6) is 0.418. The molecule has 1 amide bonds. The SMILES string of the molecule is COc1cc(N)ccc1NC(=O)[C@H]1CCCO1. The number of rotatable bonds is 3. The fraction of sp³-hybridized carbons (Fsp3) is 0.417. The van der Waals surface area contributed by atoms with Crippen molar-refractivity contribution in [3.63, 3.8) is 0 Å². The number of ether oxygens (including phenoxy) is 2. The van der Waals surface area contributed by atoms with Crippen LogP contribution in [-0.4, -0.2) is 25.7 Å². The first-order valence-corrected chi connectivity index (χ1v) is 5.56. The molecule has 0 spiro atoms. The average Bonchev–Trinajstić information content (AvgIpc) is 2.85. The third kappa shape index (κ3) is 2.68. The van der Waals surface area contributed by atoms with Gasteiger partial charge in [0.2, 0.25) is 0 Å². The van der Waals surface area contributed by atoms with E-state index in [0.29, 0.717) is 23.7 Å². The van der Waals surface area contributed by atoms with Crippen molar-refractivity contribution in [1.29, 1.82) is 0 Å². The quantitative estimate of drug-likeness (QED) is 0.778. The molecule has 17 heavy (non-hydrogen) atoms. The Labute approximate surface area is 99.9 Å². The molecule has 5 heteroatoms. The molecule has 5 nitrogen and oxygen atoms in total. The molecular weight excluding hydrogens is 220 g/mol. The lowest BCUT2D eigenvalue weighted by atomic mass is 10.2. The number of benzene rings is 1. The van der Waals surface area contributed by atoms with Gasteiger partial charge in [0.15, 0.2) is 0 Å². The minimum absolute atomic E-state index is 0.134. The molecule has 0 unspecified atom stereocenters. The smallest absolute Gasteiger partial charge is 0.253 e. The number of carbonyl (C=O) groups is 1. The van der Waals surface area contributed by atoms with E-state index in [4.69, 9.17) is 15.2 Å². The topological polar surface area (TPSA) is 73.6 Å². The molecule has 1 saturated heterocycles. The third-order valence-corrected chi connectivity index (χ3v) is 2.71. The van der Waals surface area contributed by atoms with Gasteiger partial charge >= 0.3 is 0 Å². The number of amides is 1. The summed E-state index contributed by atoms with van der Waals surface area (Å²) in [6.07, 6.45) is 1.34. The lowest BCUT2D eigenvalue weighted by molar-refractivity contribution is -0.124. The van der Waals surface area contributed by atoms with Crippen LogP contribution in [0.3, 0.4) is 0 Å². The number of methoxy groups -OCH3 is 1. The Bertz CT molecular complexity index is 414. The van der Waals surface area contributed by atoms with Crippen molar-refractivity contribution in [2.24, 2.45) is 0 Å². The molecule has 1 aliphatic rings. The van der Waals surface area contributed by atoms with Gasteiger partial charge in [-0.15, -0.1) is 0 Å². The minimum atomic E-state index is -0.350. The Balaban J connectivity index is 2.09. The molecule has 0 aliphatic carbocycles. The van der Waals surface area contributed by atoms with E-state index in [9.17, 15) is 4.79 Å². The summed E-state index contributed by atoms with van der Waals surface area (Å²) < 4.78 is 10.5. The predicted octanol–water partition coefficient (Wildman–Crippen LogP) is 1.39. The summed E-state index contributed by atoms with van der Waals surface area (Å²) in [5, 5.41) is 2.79. The fourth-order valence-electron chi connectivity index (χ4n) is 1.81. The Kier molecular flexibility index (Phi) is 3.49.